The maximum absolute atomic E-state index is 11.2. The Balaban J connectivity index is 2.51. The van der Waals surface area contributed by atoms with Crippen molar-refractivity contribution in [3.05, 3.63) is 12.2 Å². The van der Waals surface area contributed by atoms with Crippen LogP contribution in [0, 0.1) is 5.41 Å². The molecule has 68 valence electrons. The maximum atomic E-state index is 11.2. The molecular formula is C11H18O. The third kappa shape index (κ3) is 2.47. The third-order valence-electron chi connectivity index (χ3n) is 2.71. The summed E-state index contributed by atoms with van der Waals surface area (Å²) in [6.07, 6.45) is 9.22. The smallest absolute Gasteiger partial charge is 0.133 e. The fraction of sp³-hybridized carbons (Fsp3) is 0.727. The van der Waals surface area contributed by atoms with E-state index in [0.717, 1.165) is 25.7 Å². The average molecular weight is 166 g/mol. The first-order valence-corrected chi connectivity index (χ1v) is 4.79. The van der Waals surface area contributed by atoms with Gasteiger partial charge in [0.15, 0.2) is 0 Å². The molecule has 0 bridgehead atoms. The van der Waals surface area contributed by atoms with Gasteiger partial charge in [0.2, 0.25) is 0 Å². The van der Waals surface area contributed by atoms with Crippen LogP contribution in [0.4, 0.5) is 0 Å². The van der Waals surface area contributed by atoms with E-state index in [2.05, 4.69) is 19.1 Å². The van der Waals surface area contributed by atoms with Crippen molar-refractivity contribution in [3.63, 3.8) is 0 Å². The highest BCUT2D eigenvalue weighted by atomic mass is 16.1. The number of rotatable bonds is 2. The Hall–Kier alpha value is -0.590. The van der Waals surface area contributed by atoms with Gasteiger partial charge in [-0.05, 0) is 31.6 Å². The summed E-state index contributed by atoms with van der Waals surface area (Å²) >= 11 is 0. The lowest BCUT2D eigenvalue weighted by Crippen LogP contribution is -2.25. The summed E-state index contributed by atoms with van der Waals surface area (Å²) in [5.41, 5.74) is 0.266. The second kappa shape index (κ2) is 3.88. The minimum absolute atomic E-state index is 0.266. The Kier molecular flexibility index (Phi) is 3.07. The molecule has 0 amide bonds. The zero-order chi connectivity index (χ0) is 9.03. The van der Waals surface area contributed by atoms with E-state index in [4.69, 9.17) is 0 Å². The average Bonchev–Trinajstić information content (AvgIpc) is 2.01. The number of carbonyl (C=O) groups excluding carboxylic acids is 1. The van der Waals surface area contributed by atoms with Gasteiger partial charge in [0, 0.05) is 12.8 Å². The predicted octanol–water partition coefficient (Wildman–Crippen LogP) is 3.10. The molecule has 1 rings (SSSR count). The molecule has 1 atom stereocenters. The van der Waals surface area contributed by atoms with E-state index in [1.54, 1.807) is 0 Å². The molecule has 1 saturated carbocycles. The van der Waals surface area contributed by atoms with Crippen molar-refractivity contribution in [1.82, 2.24) is 0 Å². The maximum Gasteiger partial charge on any atom is 0.133 e. The third-order valence-corrected chi connectivity index (χ3v) is 2.71. The summed E-state index contributed by atoms with van der Waals surface area (Å²) in [5, 5.41) is 0. The van der Waals surface area contributed by atoms with Crippen molar-refractivity contribution in [2.75, 3.05) is 0 Å². The molecule has 12 heavy (non-hydrogen) atoms. The van der Waals surface area contributed by atoms with E-state index in [1.165, 1.54) is 6.42 Å². The van der Waals surface area contributed by atoms with Crippen molar-refractivity contribution in [2.45, 2.75) is 46.0 Å². The van der Waals surface area contributed by atoms with Gasteiger partial charge in [-0.25, -0.2) is 0 Å². The Morgan fingerprint density at radius 1 is 1.58 bits per heavy atom. The zero-order valence-corrected chi connectivity index (χ0v) is 8.10. The van der Waals surface area contributed by atoms with Crippen LogP contribution in [0.15, 0.2) is 12.2 Å². The summed E-state index contributed by atoms with van der Waals surface area (Å²) in [4.78, 5) is 11.2. The second-order valence-electron chi connectivity index (χ2n) is 4.15. The van der Waals surface area contributed by atoms with Gasteiger partial charge < -0.3 is 0 Å². The Labute approximate surface area is 74.9 Å². The molecule has 0 saturated heterocycles. The molecule has 1 nitrogen and oxygen atoms in total. The van der Waals surface area contributed by atoms with Crippen LogP contribution in [0.5, 0.6) is 0 Å². The van der Waals surface area contributed by atoms with Crippen LogP contribution in [0.3, 0.4) is 0 Å². The minimum Gasteiger partial charge on any atom is -0.300 e. The van der Waals surface area contributed by atoms with Crippen molar-refractivity contribution in [3.8, 4) is 0 Å². The summed E-state index contributed by atoms with van der Waals surface area (Å²) in [6.45, 7) is 4.26. The first-order valence-electron chi connectivity index (χ1n) is 4.79. The number of ketones is 1. The van der Waals surface area contributed by atoms with E-state index in [1.807, 2.05) is 6.92 Å². The van der Waals surface area contributed by atoms with Crippen molar-refractivity contribution in [2.24, 2.45) is 5.41 Å². The monoisotopic (exact) mass is 166 g/mol. The Morgan fingerprint density at radius 2 is 2.33 bits per heavy atom. The highest BCUT2D eigenvalue weighted by Gasteiger charge is 2.29. The number of hydrogen-bond donors (Lipinski definition) is 0. The molecule has 1 aliphatic rings. The standard InChI is InChI=1S/C11H18O/c1-3-4-7-11(2)8-5-6-10(12)9-11/h3-4H,5-9H2,1-2H3/b4-3-. The van der Waals surface area contributed by atoms with Crippen molar-refractivity contribution in [1.29, 1.82) is 0 Å². The van der Waals surface area contributed by atoms with Gasteiger partial charge in [0.05, 0.1) is 0 Å². The molecular weight excluding hydrogens is 148 g/mol. The highest BCUT2D eigenvalue weighted by molar-refractivity contribution is 5.79. The van der Waals surface area contributed by atoms with E-state index >= 15 is 0 Å². The number of carbonyl (C=O) groups is 1. The van der Waals surface area contributed by atoms with Gasteiger partial charge in [0.1, 0.15) is 5.78 Å². The Bertz CT molecular complexity index is 193. The van der Waals surface area contributed by atoms with Crippen LogP contribution >= 0.6 is 0 Å². The fourth-order valence-corrected chi connectivity index (χ4v) is 1.94. The molecule has 0 spiro atoms. The van der Waals surface area contributed by atoms with Gasteiger partial charge in [-0.2, -0.15) is 0 Å². The van der Waals surface area contributed by atoms with E-state index in [0.29, 0.717) is 5.78 Å². The molecule has 1 unspecified atom stereocenters. The number of allylic oxidation sites excluding steroid dienone is 2. The van der Waals surface area contributed by atoms with E-state index in [-0.39, 0.29) is 5.41 Å². The normalized spacial score (nSPS) is 31.3. The first-order chi connectivity index (χ1) is 5.66. The topological polar surface area (TPSA) is 17.1 Å². The van der Waals surface area contributed by atoms with E-state index < -0.39 is 0 Å². The molecule has 0 N–H and O–H groups in total. The summed E-state index contributed by atoms with van der Waals surface area (Å²) in [7, 11) is 0. The van der Waals surface area contributed by atoms with Crippen LogP contribution in [0.1, 0.15) is 46.0 Å². The lowest BCUT2D eigenvalue weighted by molar-refractivity contribution is -0.123. The van der Waals surface area contributed by atoms with Gasteiger partial charge in [-0.15, -0.1) is 0 Å². The van der Waals surface area contributed by atoms with Crippen molar-refractivity contribution >= 4 is 5.78 Å². The molecule has 0 aromatic heterocycles. The predicted molar refractivity (Wildman–Crippen MR) is 51.0 cm³/mol. The summed E-state index contributed by atoms with van der Waals surface area (Å²) in [5.74, 6) is 0.452. The lowest BCUT2D eigenvalue weighted by Gasteiger charge is -2.31. The van der Waals surface area contributed by atoms with Crippen LogP contribution in [0.2, 0.25) is 0 Å². The molecule has 0 radical (unpaired) electrons. The number of Topliss-reactive ketones (excluding diaryl/α,β-unsaturated/α-hetero) is 1. The van der Waals surface area contributed by atoms with E-state index in [9.17, 15) is 4.79 Å². The van der Waals surface area contributed by atoms with Gasteiger partial charge in [0.25, 0.3) is 0 Å². The molecule has 0 aromatic rings. The van der Waals surface area contributed by atoms with Crippen LogP contribution in [-0.4, -0.2) is 5.78 Å². The molecule has 1 aliphatic carbocycles. The van der Waals surface area contributed by atoms with Crippen LogP contribution in [0.25, 0.3) is 0 Å². The van der Waals surface area contributed by atoms with Gasteiger partial charge in [-0.1, -0.05) is 19.1 Å². The quantitative estimate of drug-likeness (QED) is 0.576. The molecule has 0 heterocycles. The lowest BCUT2D eigenvalue weighted by atomic mass is 9.73. The summed E-state index contributed by atoms with van der Waals surface area (Å²) < 4.78 is 0. The number of hydrogen-bond acceptors (Lipinski definition) is 1. The highest BCUT2D eigenvalue weighted by Crippen LogP contribution is 2.37. The minimum atomic E-state index is 0.266. The second-order valence-corrected chi connectivity index (χ2v) is 4.15. The van der Waals surface area contributed by atoms with Gasteiger partial charge in [-0.3, -0.25) is 4.79 Å². The Morgan fingerprint density at radius 3 is 2.92 bits per heavy atom. The first kappa shape index (κ1) is 9.50. The fourth-order valence-electron chi connectivity index (χ4n) is 1.94. The molecule has 0 aliphatic heterocycles. The zero-order valence-electron chi connectivity index (χ0n) is 8.10. The molecule has 0 aromatic carbocycles. The van der Waals surface area contributed by atoms with Crippen LogP contribution < -0.4 is 0 Å². The molecule has 1 fully saturated rings. The van der Waals surface area contributed by atoms with Crippen LogP contribution in [-0.2, 0) is 4.79 Å². The SMILES string of the molecule is C/C=C\CC1(C)CCCC(=O)C1. The molecule has 1 heteroatoms. The van der Waals surface area contributed by atoms with Gasteiger partial charge >= 0.3 is 0 Å². The summed E-state index contributed by atoms with van der Waals surface area (Å²) in [6, 6.07) is 0. The van der Waals surface area contributed by atoms with Crippen molar-refractivity contribution < 1.29 is 4.79 Å². The largest absolute Gasteiger partial charge is 0.300 e.